The summed E-state index contributed by atoms with van der Waals surface area (Å²) in [6.07, 6.45) is 2.66. The van der Waals surface area contributed by atoms with Crippen molar-refractivity contribution in [1.29, 1.82) is 0 Å². The predicted octanol–water partition coefficient (Wildman–Crippen LogP) is 2.49. The van der Waals surface area contributed by atoms with E-state index in [1.165, 1.54) is 0 Å². The Labute approximate surface area is 166 Å². The van der Waals surface area contributed by atoms with Gasteiger partial charge in [0, 0.05) is 31.9 Å². The first-order chi connectivity index (χ1) is 11.8. The maximum absolute atomic E-state index is 5.66. The minimum atomic E-state index is 0. The zero-order valence-corrected chi connectivity index (χ0v) is 16.9. The number of nitrogens with zero attached hydrogens (tertiary/aromatic N) is 2. The number of pyridine rings is 1. The zero-order valence-electron chi connectivity index (χ0n) is 14.6. The van der Waals surface area contributed by atoms with E-state index in [2.05, 4.69) is 20.6 Å². The molecule has 1 aromatic heterocycles. The van der Waals surface area contributed by atoms with Crippen LogP contribution in [-0.2, 0) is 6.42 Å². The molecule has 1 aromatic carbocycles. The lowest BCUT2D eigenvalue weighted by molar-refractivity contribution is 0.321. The molecule has 0 saturated carbocycles. The van der Waals surface area contributed by atoms with Crippen LogP contribution in [0.2, 0.25) is 0 Å². The lowest BCUT2D eigenvalue weighted by Crippen LogP contribution is -2.40. The molecule has 136 valence electrons. The largest absolute Gasteiger partial charge is 0.497 e. The third kappa shape index (κ3) is 8.06. The van der Waals surface area contributed by atoms with Crippen molar-refractivity contribution >= 4 is 29.9 Å². The molecule has 2 N–H and O–H groups in total. The van der Waals surface area contributed by atoms with Gasteiger partial charge in [-0.15, -0.1) is 24.0 Å². The zero-order chi connectivity index (χ0) is 17.0. The molecular weight excluding hydrogens is 431 g/mol. The number of methoxy groups -OCH3 is 1. The molecule has 0 amide bonds. The van der Waals surface area contributed by atoms with Gasteiger partial charge < -0.3 is 20.1 Å². The maximum Gasteiger partial charge on any atom is 0.191 e. The summed E-state index contributed by atoms with van der Waals surface area (Å²) >= 11 is 0. The normalized spacial score (nSPS) is 10.6. The molecule has 7 heteroatoms. The summed E-state index contributed by atoms with van der Waals surface area (Å²) in [7, 11) is 3.40. The number of aromatic nitrogens is 1. The quantitative estimate of drug-likeness (QED) is 0.277. The smallest absolute Gasteiger partial charge is 0.191 e. The molecule has 0 atom stereocenters. The SMILES string of the molecule is CN=C(NCCOc1ccc(OC)cc1)NCCc1ccccn1.I. The first kappa shape index (κ1) is 21.0. The van der Waals surface area contributed by atoms with E-state index in [0.29, 0.717) is 13.2 Å². The number of ether oxygens (including phenoxy) is 2. The number of benzene rings is 1. The molecule has 6 nitrogen and oxygen atoms in total. The summed E-state index contributed by atoms with van der Waals surface area (Å²) < 4.78 is 10.8. The number of aliphatic imine (C=N–C) groups is 1. The Morgan fingerprint density at radius 1 is 1.04 bits per heavy atom. The van der Waals surface area contributed by atoms with E-state index < -0.39 is 0 Å². The Morgan fingerprint density at radius 3 is 2.40 bits per heavy atom. The summed E-state index contributed by atoms with van der Waals surface area (Å²) in [5.41, 5.74) is 1.06. The topological polar surface area (TPSA) is 67.8 Å². The van der Waals surface area contributed by atoms with E-state index in [0.717, 1.165) is 36.1 Å². The Hall–Kier alpha value is -2.03. The van der Waals surface area contributed by atoms with Gasteiger partial charge in [-0.1, -0.05) is 6.07 Å². The summed E-state index contributed by atoms with van der Waals surface area (Å²) in [5, 5.41) is 6.48. The fourth-order valence-corrected chi connectivity index (χ4v) is 2.09. The fourth-order valence-electron chi connectivity index (χ4n) is 2.09. The van der Waals surface area contributed by atoms with Crippen LogP contribution in [0.15, 0.2) is 53.7 Å². The van der Waals surface area contributed by atoms with Crippen LogP contribution >= 0.6 is 24.0 Å². The summed E-state index contributed by atoms with van der Waals surface area (Å²) in [5.74, 6) is 2.39. The molecule has 0 bridgehead atoms. The average Bonchev–Trinajstić information content (AvgIpc) is 2.65. The monoisotopic (exact) mass is 456 g/mol. The molecule has 25 heavy (non-hydrogen) atoms. The number of rotatable bonds is 8. The lowest BCUT2D eigenvalue weighted by Gasteiger charge is -2.12. The Morgan fingerprint density at radius 2 is 1.76 bits per heavy atom. The van der Waals surface area contributed by atoms with Gasteiger partial charge in [0.2, 0.25) is 0 Å². The van der Waals surface area contributed by atoms with Gasteiger partial charge in [-0.2, -0.15) is 0 Å². The molecule has 0 radical (unpaired) electrons. The van der Waals surface area contributed by atoms with E-state index in [4.69, 9.17) is 9.47 Å². The van der Waals surface area contributed by atoms with Crippen molar-refractivity contribution in [2.45, 2.75) is 6.42 Å². The van der Waals surface area contributed by atoms with Crippen LogP contribution in [0, 0.1) is 0 Å². The molecule has 0 unspecified atom stereocenters. The van der Waals surface area contributed by atoms with Crippen molar-refractivity contribution in [2.75, 3.05) is 33.9 Å². The van der Waals surface area contributed by atoms with Gasteiger partial charge in [0.05, 0.1) is 13.7 Å². The molecule has 2 aromatic rings. The number of hydrogen-bond acceptors (Lipinski definition) is 4. The van der Waals surface area contributed by atoms with Gasteiger partial charge in [-0.25, -0.2) is 0 Å². The van der Waals surface area contributed by atoms with Crippen molar-refractivity contribution < 1.29 is 9.47 Å². The van der Waals surface area contributed by atoms with Crippen LogP contribution in [0.3, 0.4) is 0 Å². The van der Waals surface area contributed by atoms with Crippen LogP contribution < -0.4 is 20.1 Å². The molecular formula is C18H25IN4O2. The third-order valence-corrected chi connectivity index (χ3v) is 3.35. The van der Waals surface area contributed by atoms with E-state index in [-0.39, 0.29) is 24.0 Å². The fraction of sp³-hybridized carbons (Fsp3) is 0.333. The second-order valence-corrected chi connectivity index (χ2v) is 5.02. The molecule has 0 aliphatic heterocycles. The third-order valence-electron chi connectivity index (χ3n) is 3.35. The molecule has 1 heterocycles. The van der Waals surface area contributed by atoms with Crippen molar-refractivity contribution in [3.8, 4) is 11.5 Å². The Kier molecular flexibility index (Phi) is 10.4. The average molecular weight is 456 g/mol. The highest BCUT2D eigenvalue weighted by Crippen LogP contribution is 2.16. The predicted molar refractivity (Wildman–Crippen MR) is 111 cm³/mol. The molecule has 2 rings (SSSR count). The highest BCUT2D eigenvalue weighted by molar-refractivity contribution is 14.0. The second kappa shape index (κ2) is 12.3. The summed E-state index contributed by atoms with van der Waals surface area (Å²) in [6.45, 7) is 1.98. The first-order valence-corrected chi connectivity index (χ1v) is 7.93. The Balaban J connectivity index is 0.00000312. The minimum Gasteiger partial charge on any atom is -0.497 e. The molecule has 0 aliphatic carbocycles. The summed E-state index contributed by atoms with van der Waals surface area (Å²) in [4.78, 5) is 8.48. The lowest BCUT2D eigenvalue weighted by atomic mass is 10.3. The molecule has 0 aliphatic rings. The van der Waals surface area contributed by atoms with Crippen molar-refractivity contribution in [1.82, 2.24) is 15.6 Å². The van der Waals surface area contributed by atoms with Crippen molar-refractivity contribution in [2.24, 2.45) is 4.99 Å². The molecule has 0 spiro atoms. The summed E-state index contributed by atoms with van der Waals surface area (Å²) in [6, 6.07) is 13.5. The second-order valence-electron chi connectivity index (χ2n) is 5.02. The van der Waals surface area contributed by atoms with Gasteiger partial charge >= 0.3 is 0 Å². The molecule has 0 fully saturated rings. The van der Waals surface area contributed by atoms with Crippen LogP contribution in [0.5, 0.6) is 11.5 Å². The van der Waals surface area contributed by atoms with Gasteiger partial charge in [-0.05, 0) is 36.4 Å². The van der Waals surface area contributed by atoms with Crippen LogP contribution in [0.4, 0.5) is 0 Å². The van der Waals surface area contributed by atoms with Gasteiger partial charge in [0.1, 0.15) is 18.1 Å². The standard InChI is InChI=1S/C18H24N4O2.HI/c1-19-18(21-12-10-15-5-3-4-11-20-15)22-13-14-24-17-8-6-16(23-2)7-9-17;/h3-9,11H,10,12-14H2,1-2H3,(H2,19,21,22);1H. The van der Waals surface area contributed by atoms with E-state index in [1.807, 2.05) is 42.5 Å². The minimum absolute atomic E-state index is 0. The van der Waals surface area contributed by atoms with Crippen LogP contribution in [-0.4, -0.2) is 44.8 Å². The number of nitrogens with one attached hydrogen (secondary N) is 2. The maximum atomic E-state index is 5.66. The van der Waals surface area contributed by atoms with Gasteiger partial charge in [0.15, 0.2) is 5.96 Å². The number of hydrogen-bond donors (Lipinski definition) is 2. The van der Waals surface area contributed by atoms with Crippen molar-refractivity contribution in [3.05, 3.63) is 54.4 Å². The van der Waals surface area contributed by atoms with E-state index in [9.17, 15) is 0 Å². The van der Waals surface area contributed by atoms with Gasteiger partial charge in [-0.3, -0.25) is 9.98 Å². The number of halogens is 1. The first-order valence-electron chi connectivity index (χ1n) is 7.93. The highest BCUT2D eigenvalue weighted by Gasteiger charge is 1.99. The van der Waals surface area contributed by atoms with E-state index >= 15 is 0 Å². The van der Waals surface area contributed by atoms with E-state index in [1.54, 1.807) is 20.4 Å². The highest BCUT2D eigenvalue weighted by atomic mass is 127. The van der Waals surface area contributed by atoms with Crippen LogP contribution in [0.1, 0.15) is 5.69 Å². The molecule has 0 saturated heterocycles. The van der Waals surface area contributed by atoms with Crippen LogP contribution in [0.25, 0.3) is 0 Å². The number of guanidine groups is 1. The van der Waals surface area contributed by atoms with Gasteiger partial charge in [0.25, 0.3) is 0 Å². The Bertz CT molecular complexity index is 621. The van der Waals surface area contributed by atoms with Crippen molar-refractivity contribution in [3.63, 3.8) is 0 Å².